The van der Waals surface area contributed by atoms with Crippen LogP contribution in [-0.2, 0) is 23.0 Å². The lowest BCUT2D eigenvalue weighted by atomic mass is 10.1. The van der Waals surface area contributed by atoms with Crippen LogP contribution in [-0.4, -0.2) is 32.2 Å². The summed E-state index contributed by atoms with van der Waals surface area (Å²) in [7, 11) is -3.82. The zero-order chi connectivity index (χ0) is 24.9. The van der Waals surface area contributed by atoms with Crippen LogP contribution >= 0.6 is 0 Å². The average Bonchev–Trinajstić information content (AvgIpc) is 3.22. The number of carbonyl (C=O) groups is 1. The average molecular weight is 490 g/mol. The van der Waals surface area contributed by atoms with E-state index in [4.69, 9.17) is 9.68 Å². The lowest BCUT2D eigenvalue weighted by Gasteiger charge is -2.21. The van der Waals surface area contributed by atoms with E-state index in [-0.39, 0.29) is 36.2 Å². The number of nitrogens with one attached hydrogen (secondary N) is 1. The van der Waals surface area contributed by atoms with Gasteiger partial charge < -0.3 is 9.15 Å². The number of aromatic nitrogens is 1. The Bertz CT molecular complexity index is 1300. The molecule has 0 saturated heterocycles. The number of nitrogens with zero attached hydrogens (tertiary/aromatic N) is 3. The number of rotatable bonds is 9. The third-order valence-corrected chi connectivity index (χ3v) is 5.08. The van der Waals surface area contributed by atoms with Crippen LogP contribution in [0.2, 0.25) is 0 Å². The number of alkyl halides is 2. The minimum Gasteiger partial charge on any atom is -0.435 e. The zero-order valence-electron chi connectivity index (χ0n) is 18.2. The van der Waals surface area contributed by atoms with Gasteiger partial charge in [-0.1, -0.05) is 19.1 Å². The number of sulfonamides is 1. The van der Waals surface area contributed by atoms with E-state index in [0.29, 0.717) is 16.8 Å². The molecule has 34 heavy (non-hydrogen) atoms. The van der Waals surface area contributed by atoms with Crippen LogP contribution in [0.1, 0.15) is 34.3 Å². The Morgan fingerprint density at radius 3 is 2.38 bits per heavy atom. The summed E-state index contributed by atoms with van der Waals surface area (Å²) < 4.78 is 59.9. The largest absolute Gasteiger partial charge is 0.435 e. The van der Waals surface area contributed by atoms with Crippen molar-refractivity contribution in [2.45, 2.75) is 26.5 Å². The molecule has 0 aliphatic carbocycles. The third kappa shape index (κ3) is 6.29. The molecule has 0 aliphatic rings. The molecule has 178 valence electrons. The lowest BCUT2D eigenvalue weighted by Crippen LogP contribution is -2.30. The number of oxazole rings is 1. The summed E-state index contributed by atoms with van der Waals surface area (Å²) in [6, 6.07) is 14.4. The van der Waals surface area contributed by atoms with Crippen molar-refractivity contribution in [1.82, 2.24) is 9.71 Å². The van der Waals surface area contributed by atoms with E-state index in [1.165, 1.54) is 12.1 Å². The van der Waals surface area contributed by atoms with Crippen LogP contribution in [0.25, 0.3) is 0 Å². The zero-order valence-corrected chi connectivity index (χ0v) is 19.0. The molecule has 0 spiro atoms. The molecular formula is C22H20F2N4O5S. The van der Waals surface area contributed by atoms with E-state index >= 15 is 0 Å². The number of halogens is 2. The molecule has 3 aromatic rings. The third-order valence-electron chi connectivity index (χ3n) is 4.53. The lowest BCUT2D eigenvalue weighted by molar-refractivity contribution is -0.0498. The van der Waals surface area contributed by atoms with E-state index in [1.54, 1.807) is 48.2 Å². The van der Waals surface area contributed by atoms with Crippen LogP contribution < -0.4 is 14.4 Å². The van der Waals surface area contributed by atoms with Crippen LogP contribution in [0, 0.1) is 11.3 Å². The molecule has 1 N–H and O–H groups in total. The normalized spacial score (nSPS) is 11.2. The number of aryl methyl sites for hydroxylation is 1. The molecule has 0 atom stereocenters. The number of amides is 1. The first-order valence-corrected chi connectivity index (χ1v) is 11.8. The second kappa shape index (κ2) is 10.3. The van der Waals surface area contributed by atoms with E-state index in [0.717, 1.165) is 6.26 Å². The molecule has 0 aliphatic heterocycles. The maximum atomic E-state index is 12.4. The van der Waals surface area contributed by atoms with Gasteiger partial charge in [0.15, 0.2) is 5.69 Å². The van der Waals surface area contributed by atoms with Crippen molar-refractivity contribution in [3.8, 4) is 11.8 Å². The molecule has 1 heterocycles. The van der Waals surface area contributed by atoms with E-state index < -0.39 is 22.5 Å². The molecule has 0 unspecified atom stereocenters. The van der Waals surface area contributed by atoms with Crippen molar-refractivity contribution < 1.29 is 31.1 Å². The number of ether oxygens (including phenoxy) is 1. The van der Waals surface area contributed by atoms with Crippen LogP contribution in [0.15, 0.2) is 52.9 Å². The predicted octanol–water partition coefficient (Wildman–Crippen LogP) is 3.74. The highest BCUT2D eigenvalue weighted by molar-refractivity contribution is 7.89. The van der Waals surface area contributed by atoms with Gasteiger partial charge in [-0.15, -0.1) is 0 Å². The molecule has 3 rings (SSSR count). The van der Waals surface area contributed by atoms with Gasteiger partial charge in [0.2, 0.25) is 10.0 Å². The van der Waals surface area contributed by atoms with Crippen LogP contribution in [0.4, 0.5) is 20.5 Å². The Hall–Kier alpha value is -3.98. The van der Waals surface area contributed by atoms with Gasteiger partial charge in [0, 0.05) is 12.1 Å². The Balaban J connectivity index is 2.00. The van der Waals surface area contributed by atoms with Crippen molar-refractivity contribution in [2.75, 3.05) is 11.2 Å². The van der Waals surface area contributed by atoms with Gasteiger partial charge in [-0.2, -0.15) is 19.0 Å². The number of nitriles is 1. The summed E-state index contributed by atoms with van der Waals surface area (Å²) in [5, 5.41) is 9.08. The van der Waals surface area contributed by atoms with Crippen molar-refractivity contribution in [3.63, 3.8) is 0 Å². The standard InChI is InChI=1S/C22H20F2N4O5S/c1-3-18-19(20(29)27-34(2,30)31)26-22(33-18)28(16-8-4-14(12-25)5-9-16)13-15-6-10-17(11-7-15)32-21(23)24/h4-11,21H,3,13H2,1-2H3,(H,27,29). The molecule has 2 aromatic carbocycles. The first kappa shape index (κ1) is 24.7. The number of hydrogen-bond acceptors (Lipinski definition) is 8. The smallest absolute Gasteiger partial charge is 0.387 e. The second-order valence-corrected chi connectivity index (χ2v) is 8.84. The first-order chi connectivity index (χ1) is 16.1. The fourth-order valence-corrected chi connectivity index (χ4v) is 3.47. The van der Waals surface area contributed by atoms with Gasteiger partial charge in [0.25, 0.3) is 5.91 Å². The van der Waals surface area contributed by atoms with Gasteiger partial charge >= 0.3 is 12.6 Å². The fourth-order valence-electron chi connectivity index (χ4n) is 3.03. The molecule has 0 radical (unpaired) electrons. The Kier molecular flexibility index (Phi) is 7.47. The van der Waals surface area contributed by atoms with E-state index in [9.17, 15) is 22.0 Å². The molecular weight excluding hydrogens is 470 g/mol. The number of carbonyl (C=O) groups excluding carboxylic acids is 1. The minimum absolute atomic E-state index is 0.00667. The van der Waals surface area contributed by atoms with Gasteiger partial charge in [-0.3, -0.25) is 9.69 Å². The molecule has 0 fully saturated rings. The van der Waals surface area contributed by atoms with Crippen molar-refractivity contribution in [3.05, 3.63) is 71.1 Å². The Labute approximate surface area is 194 Å². The summed E-state index contributed by atoms with van der Waals surface area (Å²) in [5.41, 5.74) is 1.48. The van der Waals surface area contributed by atoms with Crippen LogP contribution in [0.5, 0.6) is 5.75 Å². The summed E-state index contributed by atoms with van der Waals surface area (Å²) in [6.07, 6.45) is 1.11. The summed E-state index contributed by atoms with van der Waals surface area (Å²) >= 11 is 0. The highest BCUT2D eigenvalue weighted by Gasteiger charge is 2.25. The van der Waals surface area contributed by atoms with Gasteiger partial charge in [0.05, 0.1) is 24.4 Å². The number of benzene rings is 2. The monoisotopic (exact) mass is 490 g/mol. The predicted molar refractivity (Wildman–Crippen MR) is 118 cm³/mol. The summed E-state index contributed by atoms with van der Waals surface area (Å²) in [6.45, 7) is -1.08. The van der Waals surface area contributed by atoms with Crippen molar-refractivity contribution >= 4 is 27.6 Å². The molecule has 12 heteroatoms. The Morgan fingerprint density at radius 2 is 1.85 bits per heavy atom. The van der Waals surface area contributed by atoms with Crippen molar-refractivity contribution in [1.29, 1.82) is 5.26 Å². The van der Waals surface area contributed by atoms with E-state index in [1.807, 2.05) is 10.8 Å². The second-order valence-electron chi connectivity index (χ2n) is 7.09. The summed E-state index contributed by atoms with van der Waals surface area (Å²) in [5.74, 6) is -0.758. The van der Waals surface area contributed by atoms with E-state index in [2.05, 4.69) is 9.72 Å². The van der Waals surface area contributed by atoms with Gasteiger partial charge in [-0.25, -0.2) is 13.1 Å². The van der Waals surface area contributed by atoms with Crippen LogP contribution in [0.3, 0.4) is 0 Å². The first-order valence-electron chi connectivity index (χ1n) is 9.93. The van der Waals surface area contributed by atoms with Gasteiger partial charge in [-0.05, 0) is 42.0 Å². The molecule has 1 aromatic heterocycles. The molecule has 9 nitrogen and oxygen atoms in total. The fraction of sp³-hybridized carbons (Fsp3) is 0.227. The summed E-state index contributed by atoms with van der Waals surface area (Å²) in [4.78, 5) is 18.3. The van der Waals surface area contributed by atoms with Gasteiger partial charge in [0.1, 0.15) is 11.5 Å². The van der Waals surface area contributed by atoms with Crippen molar-refractivity contribution in [2.24, 2.45) is 0 Å². The minimum atomic E-state index is -3.82. The number of hydrogen-bond donors (Lipinski definition) is 1. The maximum Gasteiger partial charge on any atom is 0.387 e. The molecule has 0 bridgehead atoms. The topological polar surface area (TPSA) is 126 Å². The quantitative estimate of drug-likeness (QED) is 0.481. The SMILES string of the molecule is CCc1oc(N(Cc2ccc(OC(F)F)cc2)c2ccc(C#N)cc2)nc1C(=O)NS(C)(=O)=O. The Morgan fingerprint density at radius 1 is 1.21 bits per heavy atom. The maximum absolute atomic E-state index is 12.4. The highest BCUT2D eigenvalue weighted by atomic mass is 32.2. The number of anilines is 2. The molecule has 1 amide bonds. The highest BCUT2D eigenvalue weighted by Crippen LogP contribution is 2.30. The molecule has 0 saturated carbocycles.